The molecule has 0 aliphatic carbocycles. The van der Waals surface area contributed by atoms with Crippen molar-refractivity contribution in [1.82, 2.24) is 20.2 Å². The van der Waals surface area contributed by atoms with Crippen molar-refractivity contribution in [2.45, 2.75) is 55.5 Å². The lowest BCUT2D eigenvalue weighted by atomic mass is 10.00. The first-order chi connectivity index (χ1) is 19.9. The largest absolute Gasteiger partial charge is 0.494 e. The zero-order valence-corrected chi connectivity index (χ0v) is 23.1. The number of tetrazole rings is 1. The average molecular weight is 649 g/mol. The number of hydrogen-bond donors (Lipinski definition) is 0. The van der Waals surface area contributed by atoms with E-state index in [0.29, 0.717) is 11.3 Å². The highest BCUT2D eigenvalue weighted by atomic mass is 32.2. The molecule has 3 rings (SSSR count). The Morgan fingerprint density at radius 2 is 1.51 bits per heavy atom. The van der Waals surface area contributed by atoms with Crippen LogP contribution >= 0.6 is 0 Å². The number of aromatic nitrogens is 4. The van der Waals surface area contributed by atoms with Crippen molar-refractivity contribution in [3.05, 3.63) is 60.2 Å². The van der Waals surface area contributed by atoms with Gasteiger partial charge in [-0.15, -0.1) is 0 Å². The van der Waals surface area contributed by atoms with Crippen LogP contribution in [-0.4, -0.2) is 71.5 Å². The van der Waals surface area contributed by atoms with Gasteiger partial charge in [-0.05, 0) is 52.6 Å². The summed E-state index contributed by atoms with van der Waals surface area (Å²) < 4.78 is 154. The molecule has 0 N–H and O–H groups in total. The Bertz CT molecular complexity index is 1430. The molecule has 0 spiro atoms. The molecule has 1 atom stereocenters. The van der Waals surface area contributed by atoms with Gasteiger partial charge in [0, 0.05) is 6.42 Å². The predicted octanol–water partition coefficient (Wildman–Crippen LogP) is 5.92. The number of hydrogen-bond acceptors (Lipinski definition) is 7. The predicted molar refractivity (Wildman–Crippen MR) is 132 cm³/mol. The van der Waals surface area contributed by atoms with Gasteiger partial charge in [0.1, 0.15) is 5.75 Å². The van der Waals surface area contributed by atoms with Crippen molar-refractivity contribution in [2.75, 3.05) is 19.0 Å². The van der Waals surface area contributed by atoms with Gasteiger partial charge < -0.3 is 9.47 Å². The molecule has 18 heteroatoms. The van der Waals surface area contributed by atoms with Crippen LogP contribution in [0.2, 0.25) is 0 Å². The summed E-state index contributed by atoms with van der Waals surface area (Å²) in [6, 6.07) is 14.2. The minimum atomic E-state index is -6.92. The zero-order chi connectivity index (χ0) is 32.1. The molecule has 0 fully saturated rings. The molecule has 0 saturated carbocycles. The normalized spacial score (nSPS) is 14.1. The summed E-state index contributed by atoms with van der Waals surface area (Å²) in [5.74, 6) is -19.9. The first-order valence-corrected chi connectivity index (χ1v) is 14.1. The van der Waals surface area contributed by atoms with Gasteiger partial charge in [0.25, 0.3) is 5.16 Å². The second-order valence-corrected chi connectivity index (χ2v) is 11.5. The molecular formula is C25H25F9N4O4S. The van der Waals surface area contributed by atoms with Crippen LogP contribution in [0, 0.1) is 5.92 Å². The van der Waals surface area contributed by atoms with Crippen LogP contribution < -0.4 is 4.74 Å². The molecule has 2 aromatic carbocycles. The summed E-state index contributed by atoms with van der Waals surface area (Å²) in [4.78, 5) is 0. The lowest BCUT2D eigenvalue weighted by molar-refractivity contribution is -0.396. The third kappa shape index (κ3) is 7.95. The maximum atomic E-state index is 13.6. The van der Waals surface area contributed by atoms with Crippen molar-refractivity contribution in [3.8, 4) is 11.4 Å². The summed E-state index contributed by atoms with van der Waals surface area (Å²) in [5, 5.41) is 10.5. The number of sulfone groups is 1. The van der Waals surface area contributed by atoms with Crippen molar-refractivity contribution >= 4 is 9.84 Å². The van der Waals surface area contributed by atoms with Gasteiger partial charge in [0.05, 0.1) is 31.3 Å². The second-order valence-electron chi connectivity index (χ2n) is 9.56. The van der Waals surface area contributed by atoms with E-state index in [1.165, 1.54) is 24.3 Å². The monoisotopic (exact) mass is 648 g/mol. The van der Waals surface area contributed by atoms with Crippen molar-refractivity contribution in [2.24, 2.45) is 5.92 Å². The molecule has 0 saturated heterocycles. The molecule has 43 heavy (non-hydrogen) atoms. The number of benzene rings is 2. The van der Waals surface area contributed by atoms with Gasteiger partial charge in [-0.1, -0.05) is 42.4 Å². The number of nitrogens with zero attached hydrogens (tertiary/aromatic N) is 4. The van der Waals surface area contributed by atoms with Crippen LogP contribution in [0.25, 0.3) is 5.69 Å². The standard InChI is InChI=1S/C25H25F9N4O4S/c1-17(16-43(39,40)21-35-36-37-38(21)19-6-3-2-4-7-19)14-41-15-18-8-10-20(11-9-18)42-13-5-12-22(26,27)23(28,29)24(30,31)25(32,33)34/h2-4,6-11,17H,5,12-16H2,1H3/t17-/m0/s1. The fourth-order valence-electron chi connectivity index (χ4n) is 3.71. The molecule has 0 aliphatic heterocycles. The van der Waals surface area contributed by atoms with Crippen LogP contribution in [0.4, 0.5) is 39.5 Å². The van der Waals surface area contributed by atoms with Crippen LogP contribution in [0.1, 0.15) is 25.3 Å². The Morgan fingerprint density at radius 3 is 2.12 bits per heavy atom. The van der Waals surface area contributed by atoms with Crippen molar-refractivity contribution in [1.29, 1.82) is 0 Å². The van der Waals surface area contributed by atoms with E-state index in [1.807, 2.05) is 0 Å². The Labute approximate surface area is 239 Å². The summed E-state index contributed by atoms with van der Waals surface area (Å²) in [5.41, 5.74) is 1.06. The molecule has 0 unspecified atom stereocenters. The molecule has 1 aromatic heterocycles. The Morgan fingerprint density at radius 1 is 0.884 bits per heavy atom. The minimum absolute atomic E-state index is 0.0383. The summed E-state index contributed by atoms with van der Waals surface area (Å²) in [7, 11) is -3.88. The molecule has 0 amide bonds. The third-order valence-corrected chi connectivity index (χ3v) is 7.75. The number of para-hydroxylation sites is 1. The Kier molecular flexibility index (Phi) is 10.4. The lowest BCUT2D eigenvalue weighted by Crippen LogP contribution is -2.60. The van der Waals surface area contributed by atoms with E-state index in [9.17, 15) is 47.9 Å². The summed E-state index contributed by atoms with van der Waals surface area (Å²) >= 11 is 0. The van der Waals surface area contributed by atoms with Gasteiger partial charge in [-0.3, -0.25) is 0 Å². The van der Waals surface area contributed by atoms with Crippen LogP contribution in [0.15, 0.2) is 59.8 Å². The molecular weight excluding hydrogens is 623 g/mol. The van der Waals surface area contributed by atoms with Gasteiger partial charge >= 0.3 is 23.9 Å². The fraction of sp³-hybridized carbons (Fsp3) is 0.480. The molecule has 238 valence electrons. The number of rotatable bonds is 15. The maximum Gasteiger partial charge on any atom is 0.460 e. The highest BCUT2D eigenvalue weighted by molar-refractivity contribution is 7.91. The SMILES string of the molecule is C[C@@H](COCc1ccc(OCCCC(F)(F)C(F)(F)C(F)(F)C(F)(F)F)cc1)CS(=O)(=O)c1nnnn1-c1ccccc1. The number of alkyl halides is 9. The van der Waals surface area contributed by atoms with Crippen LogP contribution in [0.3, 0.4) is 0 Å². The first kappa shape index (κ1) is 34.1. The van der Waals surface area contributed by atoms with E-state index in [4.69, 9.17) is 9.47 Å². The summed E-state index contributed by atoms with van der Waals surface area (Å²) in [6.07, 6.45) is -9.79. The quantitative estimate of drug-likeness (QED) is 0.149. The average Bonchev–Trinajstić information content (AvgIpc) is 3.43. The topological polar surface area (TPSA) is 96.2 Å². The fourth-order valence-corrected chi connectivity index (χ4v) is 5.27. The molecule has 0 radical (unpaired) electrons. The van der Waals surface area contributed by atoms with Gasteiger partial charge in [-0.25, -0.2) is 8.42 Å². The molecule has 1 heterocycles. The van der Waals surface area contributed by atoms with Crippen LogP contribution in [0.5, 0.6) is 5.75 Å². The van der Waals surface area contributed by atoms with Gasteiger partial charge in [0.2, 0.25) is 9.84 Å². The third-order valence-electron chi connectivity index (χ3n) is 5.93. The lowest BCUT2D eigenvalue weighted by Gasteiger charge is -2.33. The molecule has 0 aliphatic rings. The van der Waals surface area contributed by atoms with E-state index >= 15 is 0 Å². The zero-order valence-electron chi connectivity index (χ0n) is 22.2. The van der Waals surface area contributed by atoms with E-state index in [-0.39, 0.29) is 29.9 Å². The molecule has 3 aromatic rings. The van der Waals surface area contributed by atoms with Crippen molar-refractivity contribution < 1.29 is 57.4 Å². The number of ether oxygens (including phenoxy) is 2. The maximum absolute atomic E-state index is 13.6. The van der Waals surface area contributed by atoms with Crippen molar-refractivity contribution in [3.63, 3.8) is 0 Å². The van der Waals surface area contributed by atoms with E-state index in [1.54, 1.807) is 37.3 Å². The number of halogens is 9. The Hall–Kier alpha value is -3.41. The van der Waals surface area contributed by atoms with E-state index in [0.717, 1.165) is 4.68 Å². The molecule has 0 bridgehead atoms. The smallest absolute Gasteiger partial charge is 0.460 e. The Balaban J connectivity index is 1.44. The molecule has 8 nitrogen and oxygen atoms in total. The van der Waals surface area contributed by atoms with E-state index in [2.05, 4.69) is 15.5 Å². The summed E-state index contributed by atoms with van der Waals surface area (Å²) in [6.45, 7) is 1.06. The second kappa shape index (κ2) is 13.1. The van der Waals surface area contributed by atoms with Gasteiger partial charge in [0.15, 0.2) is 0 Å². The van der Waals surface area contributed by atoms with Gasteiger partial charge in [-0.2, -0.15) is 44.2 Å². The first-order valence-electron chi connectivity index (χ1n) is 12.5. The highest BCUT2D eigenvalue weighted by Crippen LogP contribution is 2.54. The van der Waals surface area contributed by atoms with E-state index < -0.39 is 59.1 Å². The highest BCUT2D eigenvalue weighted by Gasteiger charge is 2.81. The minimum Gasteiger partial charge on any atom is -0.494 e. The van der Waals surface area contributed by atoms with Crippen LogP contribution in [-0.2, 0) is 21.2 Å².